The van der Waals surface area contributed by atoms with Crippen LogP contribution in [0.1, 0.15) is 22.7 Å². The van der Waals surface area contributed by atoms with Gasteiger partial charge in [-0.3, -0.25) is 0 Å². The molecule has 19 heavy (non-hydrogen) atoms. The van der Waals surface area contributed by atoms with Gasteiger partial charge in [0.2, 0.25) is 0 Å². The van der Waals surface area contributed by atoms with E-state index in [4.69, 9.17) is 23.2 Å². The molecule has 0 fully saturated rings. The van der Waals surface area contributed by atoms with Crippen LogP contribution in [0.2, 0.25) is 10.0 Å². The molecule has 0 aromatic heterocycles. The minimum absolute atomic E-state index is 0.0398. The summed E-state index contributed by atoms with van der Waals surface area (Å²) in [5.41, 5.74) is 3.48. The summed E-state index contributed by atoms with van der Waals surface area (Å²) in [7, 11) is 1.93. The molecule has 0 spiro atoms. The molecule has 0 saturated carbocycles. The summed E-state index contributed by atoms with van der Waals surface area (Å²) < 4.78 is 1.25. The number of hydrogen-bond donors (Lipinski definition) is 1. The zero-order valence-corrected chi connectivity index (χ0v) is 14.3. The highest BCUT2D eigenvalue weighted by Gasteiger charge is 2.18. The van der Waals surface area contributed by atoms with Crippen LogP contribution >= 0.6 is 45.8 Å². The molecular formula is C15H14Cl2IN. The molecular weight excluding hydrogens is 392 g/mol. The summed E-state index contributed by atoms with van der Waals surface area (Å²) in [6, 6.07) is 11.9. The van der Waals surface area contributed by atoms with E-state index in [-0.39, 0.29) is 6.04 Å². The molecule has 0 radical (unpaired) electrons. The Morgan fingerprint density at radius 1 is 1.11 bits per heavy atom. The topological polar surface area (TPSA) is 12.0 Å². The second-order valence-electron chi connectivity index (χ2n) is 4.37. The number of hydrogen-bond acceptors (Lipinski definition) is 1. The van der Waals surface area contributed by atoms with Crippen molar-refractivity contribution in [2.45, 2.75) is 13.0 Å². The van der Waals surface area contributed by atoms with Gasteiger partial charge in [-0.1, -0.05) is 41.4 Å². The first-order valence-electron chi connectivity index (χ1n) is 5.92. The standard InChI is InChI=1S/C15H14Cl2IN/c1-9-4-3-5-11(14(9)18)15(19-2)12-8-10(16)6-7-13(12)17/h3-8,15,19H,1-2H3. The van der Waals surface area contributed by atoms with Gasteiger partial charge in [-0.15, -0.1) is 0 Å². The molecule has 0 saturated heterocycles. The van der Waals surface area contributed by atoms with Crippen molar-refractivity contribution in [1.82, 2.24) is 5.32 Å². The normalized spacial score (nSPS) is 12.5. The molecule has 0 aliphatic heterocycles. The molecule has 0 aliphatic rings. The molecule has 0 amide bonds. The zero-order chi connectivity index (χ0) is 14.0. The lowest BCUT2D eigenvalue weighted by Crippen LogP contribution is -2.19. The zero-order valence-electron chi connectivity index (χ0n) is 10.7. The Labute approximate surface area is 137 Å². The summed E-state index contributed by atoms with van der Waals surface area (Å²) in [6.45, 7) is 2.11. The maximum atomic E-state index is 6.31. The van der Waals surface area contributed by atoms with Crippen LogP contribution in [0.3, 0.4) is 0 Å². The first-order chi connectivity index (χ1) is 9.04. The fraction of sp³-hybridized carbons (Fsp3) is 0.200. The maximum absolute atomic E-state index is 6.31. The Balaban J connectivity index is 2.56. The maximum Gasteiger partial charge on any atom is 0.0600 e. The Hall–Kier alpha value is -0.290. The van der Waals surface area contributed by atoms with Gasteiger partial charge in [0.15, 0.2) is 0 Å². The number of rotatable bonds is 3. The van der Waals surface area contributed by atoms with Crippen LogP contribution in [0.5, 0.6) is 0 Å². The second kappa shape index (κ2) is 6.44. The van der Waals surface area contributed by atoms with Crippen LogP contribution in [0.4, 0.5) is 0 Å². The van der Waals surface area contributed by atoms with E-state index in [1.807, 2.05) is 19.2 Å². The third-order valence-electron chi connectivity index (χ3n) is 3.09. The average Bonchev–Trinajstić information content (AvgIpc) is 2.39. The highest BCUT2D eigenvalue weighted by atomic mass is 127. The van der Waals surface area contributed by atoms with Gasteiger partial charge >= 0.3 is 0 Å². The fourth-order valence-corrected chi connectivity index (χ4v) is 3.19. The fourth-order valence-electron chi connectivity index (χ4n) is 2.11. The van der Waals surface area contributed by atoms with Crippen LogP contribution in [-0.4, -0.2) is 7.05 Å². The van der Waals surface area contributed by atoms with E-state index in [0.29, 0.717) is 5.02 Å². The van der Waals surface area contributed by atoms with E-state index in [1.165, 1.54) is 14.7 Å². The van der Waals surface area contributed by atoms with E-state index < -0.39 is 0 Å². The summed E-state index contributed by atoms with van der Waals surface area (Å²) in [4.78, 5) is 0. The Morgan fingerprint density at radius 3 is 2.53 bits per heavy atom. The first kappa shape index (κ1) is 15.1. The van der Waals surface area contributed by atoms with Gasteiger partial charge in [-0.25, -0.2) is 0 Å². The van der Waals surface area contributed by atoms with E-state index in [0.717, 1.165) is 10.6 Å². The van der Waals surface area contributed by atoms with Gasteiger partial charge in [0.05, 0.1) is 6.04 Å². The molecule has 1 unspecified atom stereocenters. The quantitative estimate of drug-likeness (QED) is 0.690. The molecule has 2 rings (SSSR count). The summed E-state index contributed by atoms with van der Waals surface area (Å²) in [5, 5.41) is 4.74. The highest BCUT2D eigenvalue weighted by Crippen LogP contribution is 2.33. The van der Waals surface area contributed by atoms with Crippen molar-refractivity contribution < 1.29 is 0 Å². The van der Waals surface area contributed by atoms with Crippen molar-refractivity contribution in [1.29, 1.82) is 0 Å². The third kappa shape index (κ3) is 3.24. The number of aryl methyl sites for hydroxylation is 1. The Bertz CT molecular complexity index is 597. The van der Waals surface area contributed by atoms with Gasteiger partial charge in [-0.05, 0) is 71.5 Å². The molecule has 1 nitrogen and oxygen atoms in total. The first-order valence-corrected chi connectivity index (χ1v) is 7.75. The number of nitrogens with one attached hydrogen (secondary N) is 1. The Kier molecular flexibility index (Phi) is 5.12. The number of benzene rings is 2. The molecule has 100 valence electrons. The summed E-state index contributed by atoms with van der Waals surface area (Å²) in [5.74, 6) is 0. The molecule has 2 aromatic rings. The van der Waals surface area contributed by atoms with E-state index >= 15 is 0 Å². The van der Waals surface area contributed by atoms with Crippen molar-refractivity contribution in [2.75, 3.05) is 7.05 Å². The third-order valence-corrected chi connectivity index (χ3v) is 5.14. The average molecular weight is 406 g/mol. The summed E-state index contributed by atoms with van der Waals surface area (Å²) in [6.07, 6.45) is 0. The van der Waals surface area contributed by atoms with Crippen LogP contribution in [0.25, 0.3) is 0 Å². The van der Waals surface area contributed by atoms with Crippen molar-refractivity contribution in [3.8, 4) is 0 Å². The molecule has 1 N–H and O–H groups in total. The van der Waals surface area contributed by atoms with Gasteiger partial charge in [-0.2, -0.15) is 0 Å². The molecule has 0 aliphatic carbocycles. The molecule has 0 heterocycles. The molecule has 1 atom stereocenters. The Morgan fingerprint density at radius 2 is 1.84 bits per heavy atom. The lowest BCUT2D eigenvalue weighted by molar-refractivity contribution is 0.688. The minimum Gasteiger partial charge on any atom is -0.309 e. The van der Waals surface area contributed by atoms with Crippen LogP contribution in [0.15, 0.2) is 36.4 Å². The minimum atomic E-state index is 0.0398. The second-order valence-corrected chi connectivity index (χ2v) is 6.29. The van der Waals surface area contributed by atoms with E-state index in [1.54, 1.807) is 6.07 Å². The van der Waals surface area contributed by atoms with Gasteiger partial charge in [0.1, 0.15) is 0 Å². The monoisotopic (exact) mass is 405 g/mol. The van der Waals surface area contributed by atoms with Crippen molar-refractivity contribution in [3.63, 3.8) is 0 Å². The predicted molar refractivity (Wildman–Crippen MR) is 91.3 cm³/mol. The lowest BCUT2D eigenvalue weighted by atomic mass is 9.97. The smallest absolute Gasteiger partial charge is 0.0600 e. The van der Waals surface area contributed by atoms with Crippen LogP contribution in [0, 0.1) is 10.5 Å². The molecule has 0 bridgehead atoms. The van der Waals surface area contributed by atoms with E-state index in [9.17, 15) is 0 Å². The number of halogens is 3. The van der Waals surface area contributed by atoms with Crippen LogP contribution in [-0.2, 0) is 0 Å². The van der Waals surface area contributed by atoms with Gasteiger partial charge in [0, 0.05) is 13.6 Å². The van der Waals surface area contributed by atoms with Crippen LogP contribution < -0.4 is 5.32 Å². The predicted octanol–water partition coefficient (Wildman–Crippen LogP) is 5.22. The summed E-state index contributed by atoms with van der Waals surface area (Å²) >= 11 is 14.8. The van der Waals surface area contributed by atoms with Gasteiger partial charge < -0.3 is 5.32 Å². The van der Waals surface area contributed by atoms with Crippen molar-refractivity contribution in [2.24, 2.45) is 0 Å². The molecule has 4 heteroatoms. The SMILES string of the molecule is CNC(c1cc(Cl)ccc1Cl)c1cccc(C)c1I. The lowest BCUT2D eigenvalue weighted by Gasteiger charge is -2.21. The van der Waals surface area contributed by atoms with Gasteiger partial charge in [0.25, 0.3) is 0 Å². The van der Waals surface area contributed by atoms with Crippen molar-refractivity contribution >= 4 is 45.8 Å². The largest absolute Gasteiger partial charge is 0.309 e. The highest BCUT2D eigenvalue weighted by molar-refractivity contribution is 14.1. The van der Waals surface area contributed by atoms with E-state index in [2.05, 4.69) is 53.0 Å². The van der Waals surface area contributed by atoms with Crippen molar-refractivity contribution in [3.05, 3.63) is 66.7 Å². The molecule has 2 aromatic carbocycles.